The standard InChI is InChI=1S/C12H22/c1-4-6-11(7-5-2)12-9-8-10(12)3/h6,10,12H,4-5,7-9H2,1-3H3. The molecular weight excluding hydrogens is 144 g/mol. The van der Waals surface area contributed by atoms with Gasteiger partial charge in [0.05, 0.1) is 0 Å². The second-order valence-corrected chi connectivity index (χ2v) is 4.10. The van der Waals surface area contributed by atoms with Gasteiger partial charge in [0.15, 0.2) is 0 Å². The fourth-order valence-electron chi connectivity index (χ4n) is 2.21. The highest BCUT2D eigenvalue weighted by Gasteiger charge is 2.28. The summed E-state index contributed by atoms with van der Waals surface area (Å²) in [6.07, 6.45) is 9.24. The van der Waals surface area contributed by atoms with E-state index in [4.69, 9.17) is 0 Å². The summed E-state index contributed by atoms with van der Waals surface area (Å²) >= 11 is 0. The molecule has 0 spiro atoms. The van der Waals surface area contributed by atoms with Gasteiger partial charge >= 0.3 is 0 Å². The van der Waals surface area contributed by atoms with Crippen LogP contribution in [-0.2, 0) is 0 Å². The molecule has 2 unspecified atom stereocenters. The van der Waals surface area contributed by atoms with Crippen molar-refractivity contribution in [1.82, 2.24) is 0 Å². The van der Waals surface area contributed by atoms with E-state index < -0.39 is 0 Å². The molecular formula is C12H22. The van der Waals surface area contributed by atoms with E-state index in [1.807, 2.05) is 0 Å². The van der Waals surface area contributed by atoms with Gasteiger partial charge in [-0.25, -0.2) is 0 Å². The highest BCUT2D eigenvalue weighted by Crippen LogP contribution is 2.40. The Kier molecular flexibility index (Phi) is 3.84. The second-order valence-electron chi connectivity index (χ2n) is 4.10. The zero-order valence-electron chi connectivity index (χ0n) is 8.77. The smallest absolute Gasteiger partial charge is 0.0177 e. The zero-order chi connectivity index (χ0) is 8.97. The van der Waals surface area contributed by atoms with Crippen LogP contribution in [0.5, 0.6) is 0 Å². The molecule has 2 atom stereocenters. The van der Waals surface area contributed by atoms with Crippen LogP contribution in [0, 0.1) is 11.8 Å². The second kappa shape index (κ2) is 4.69. The molecule has 0 aliphatic heterocycles. The van der Waals surface area contributed by atoms with Gasteiger partial charge in [-0.05, 0) is 37.5 Å². The lowest BCUT2D eigenvalue weighted by atomic mass is 9.69. The Morgan fingerprint density at radius 2 is 2.08 bits per heavy atom. The summed E-state index contributed by atoms with van der Waals surface area (Å²) in [4.78, 5) is 0. The predicted octanol–water partition coefficient (Wildman–Crippen LogP) is 4.17. The Morgan fingerprint density at radius 1 is 1.33 bits per heavy atom. The molecule has 0 heterocycles. The lowest BCUT2D eigenvalue weighted by Gasteiger charge is -2.36. The molecule has 0 aromatic rings. The maximum Gasteiger partial charge on any atom is -0.0177 e. The van der Waals surface area contributed by atoms with Gasteiger partial charge in [0, 0.05) is 0 Å². The molecule has 1 rings (SSSR count). The van der Waals surface area contributed by atoms with Crippen LogP contribution >= 0.6 is 0 Å². The van der Waals surface area contributed by atoms with Crippen LogP contribution in [0.3, 0.4) is 0 Å². The first-order chi connectivity index (χ1) is 5.79. The summed E-state index contributed by atoms with van der Waals surface area (Å²) in [7, 11) is 0. The molecule has 0 nitrogen and oxygen atoms in total. The first-order valence-electron chi connectivity index (χ1n) is 5.48. The highest BCUT2D eigenvalue weighted by molar-refractivity contribution is 5.11. The van der Waals surface area contributed by atoms with E-state index in [0.29, 0.717) is 0 Å². The minimum atomic E-state index is 0.949. The summed E-state index contributed by atoms with van der Waals surface area (Å²) in [6.45, 7) is 6.93. The van der Waals surface area contributed by atoms with Crippen molar-refractivity contribution in [3.8, 4) is 0 Å². The van der Waals surface area contributed by atoms with Crippen LogP contribution in [0.15, 0.2) is 11.6 Å². The van der Waals surface area contributed by atoms with Crippen molar-refractivity contribution in [2.24, 2.45) is 11.8 Å². The van der Waals surface area contributed by atoms with Gasteiger partial charge in [-0.3, -0.25) is 0 Å². The highest BCUT2D eigenvalue weighted by atomic mass is 14.3. The molecule has 70 valence electrons. The summed E-state index contributed by atoms with van der Waals surface area (Å²) in [5.41, 5.74) is 1.75. The van der Waals surface area contributed by atoms with Crippen LogP contribution in [0.25, 0.3) is 0 Å². The van der Waals surface area contributed by atoms with Crippen LogP contribution in [-0.4, -0.2) is 0 Å². The Labute approximate surface area is 77.1 Å². The van der Waals surface area contributed by atoms with Gasteiger partial charge in [-0.15, -0.1) is 0 Å². The molecule has 0 aromatic heterocycles. The number of allylic oxidation sites excluding steroid dienone is 2. The van der Waals surface area contributed by atoms with E-state index in [1.54, 1.807) is 5.57 Å². The summed E-state index contributed by atoms with van der Waals surface area (Å²) in [5.74, 6) is 1.92. The normalized spacial score (nSPS) is 30.1. The molecule has 0 N–H and O–H groups in total. The molecule has 0 amide bonds. The Hall–Kier alpha value is -0.260. The molecule has 1 fully saturated rings. The first kappa shape index (κ1) is 9.83. The SMILES string of the molecule is CCC=C(CCC)C1CCC1C. The quantitative estimate of drug-likeness (QED) is 0.550. The van der Waals surface area contributed by atoms with Crippen molar-refractivity contribution in [2.45, 2.75) is 52.9 Å². The molecule has 1 aliphatic rings. The minimum absolute atomic E-state index is 0.949. The van der Waals surface area contributed by atoms with Crippen molar-refractivity contribution in [3.63, 3.8) is 0 Å². The van der Waals surface area contributed by atoms with Crippen LogP contribution in [0.4, 0.5) is 0 Å². The summed E-state index contributed by atoms with van der Waals surface area (Å²) < 4.78 is 0. The Balaban J connectivity index is 2.47. The van der Waals surface area contributed by atoms with Gasteiger partial charge in [0.1, 0.15) is 0 Å². The third kappa shape index (κ3) is 2.12. The zero-order valence-corrected chi connectivity index (χ0v) is 8.77. The number of hydrogen-bond acceptors (Lipinski definition) is 0. The van der Waals surface area contributed by atoms with Crippen molar-refractivity contribution >= 4 is 0 Å². The fourth-order valence-corrected chi connectivity index (χ4v) is 2.21. The average Bonchev–Trinajstić information content (AvgIpc) is 2.03. The van der Waals surface area contributed by atoms with Crippen LogP contribution in [0.2, 0.25) is 0 Å². The van der Waals surface area contributed by atoms with Crippen molar-refractivity contribution in [1.29, 1.82) is 0 Å². The monoisotopic (exact) mass is 166 g/mol. The van der Waals surface area contributed by atoms with Gasteiger partial charge in [-0.2, -0.15) is 0 Å². The van der Waals surface area contributed by atoms with Crippen molar-refractivity contribution < 1.29 is 0 Å². The molecule has 0 aromatic carbocycles. The Bertz CT molecular complexity index is 155. The van der Waals surface area contributed by atoms with Crippen LogP contribution < -0.4 is 0 Å². The van der Waals surface area contributed by atoms with E-state index in [-0.39, 0.29) is 0 Å². The third-order valence-electron chi connectivity index (χ3n) is 3.10. The van der Waals surface area contributed by atoms with E-state index in [0.717, 1.165) is 11.8 Å². The largest absolute Gasteiger partial charge is 0.0853 e. The maximum absolute atomic E-state index is 2.46. The van der Waals surface area contributed by atoms with Gasteiger partial charge in [0.2, 0.25) is 0 Å². The van der Waals surface area contributed by atoms with E-state index in [9.17, 15) is 0 Å². The minimum Gasteiger partial charge on any atom is -0.0853 e. The van der Waals surface area contributed by atoms with E-state index in [2.05, 4.69) is 26.8 Å². The molecule has 12 heavy (non-hydrogen) atoms. The average molecular weight is 166 g/mol. The summed E-state index contributed by atoms with van der Waals surface area (Å²) in [5, 5.41) is 0. The molecule has 1 aliphatic carbocycles. The maximum atomic E-state index is 2.46. The number of rotatable bonds is 4. The van der Waals surface area contributed by atoms with Crippen LogP contribution in [0.1, 0.15) is 52.9 Å². The number of hydrogen-bond donors (Lipinski definition) is 0. The molecule has 0 radical (unpaired) electrons. The van der Waals surface area contributed by atoms with E-state index in [1.165, 1.54) is 32.1 Å². The van der Waals surface area contributed by atoms with Gasteiger partial charge in [-0.1, -0.05) is 38.8 Å². The summed E-state index contributed by atoms with van der Waals surface area (Å²) in [6, 6.07) is 0. The van der Waals surface area contributed by atoms with Gasteiger partial charge in [0.25, 0.3) is 0 Å². The fraction of sp³-hybridized carbons (Fsp3) is 0.833. The Morgan fingerprint density at radius 3 is 2.42 bits per heavy atom. The van der Waals surface area contributed by atoms with Crippen molar-refractivity contribution in [3.05, 3.63) is 11.6 Å². The molecule has 0 bridgehead atoms. The molecule has 0 saturated heterocycles. The van der Waals surface area contributed by atoms with Crippen molar-refractivity contribution in [2.75, 3.05) is 0 Å². The molecule has 0 heteroatoms. The lowest BCUT2D eigenvalue weighted by Crippen LogP contribution is -2.24. The van der Waals surface area contributed by atoms with E-state index >= 15 is 0 Å². The lowest BCUT2D eigenvalue weighted by molar-refractivity contribution is 0.231. The first-order valence-corrected chi connectivity index (χ1v) is 5.48. The third-order valence-corrected chi connectivity index (χ3v) is 3.10. The van der Waals surface area contributed by atoms with Gasteiger partial charge < -0.3 is 0 Å². The predicted molar refractivity (Wildman–Crippen MR) is 55.2 cm³/mol. The molecule has 1 saturated carbocycles. The topological polar surface area (TPSA) is 0 Å².